The molecule has 0 atom stereocenters. The third kappa shape index (κ3) is 3.49. The average molecular weight is 359 g/mol. The van der Waals surface area contributed by atoms with Crippen molar-refractivity contribution < 1.29 is 23.9 Å². The molecule has 0 aliphatic carbocycles. The summed E-state index contributed by atoms with van der Waals surface area (Å²) in [7, 11) is 0. The zero-order chi connectivity index (χ0) is 19.2. The summed E-state index contributed by atoms with van der Waals surface area (Å²) in [6.45, 7) is 5.40. The van der Waals surface area contributed by atoms with E-state index in [1.54, 1.807) is 26.8 Å². The van der Waals surface area contributed by atoms with E-state index in [-0.39, 0.29) is 32.1 Å². The second-order valence-electron chi connectivity index (χ2n) is 5.93. The van der Waals surface area contributed by atoms with Crippen LogP contribution in [0.3, 0.4) is 0 Å². The van der Waals surface area contributed by atoms with Gasteiger partial charge in [-0.05, 0) is 38.3 Å². The van der Waals surface area contributed by atoms with Crippen molar-refractivity contribution in [3.8, 4) is 0 Å². The maximum absolute atomic E-state index is 13.0. The minimum absolute atomic E-state index is 0.102. The van der Waals surface area contributed by atoms with Crippen molar-refractivity contribution in [2.24, 2.45) is 0 Å². The first-order valence-electron chi connectivity index (χ1n) is 8.86. The minimum Gasteiger partial charge on any atom is -0.464 e. The molecule has 6 heteroatoms. The van der Waals surface area contributed by atoms with Gasteiger partial charge in [0.05, 0.1) is 13.2 Å². The second kappa shape index (κ2) is 8.65. The Morgan fingerprint density at radius 1 is 1.08 bits per heavy atom. The summed E-state index contributed by atoms with van der Waals surface area (Å²) in [6, 6.07) is 9.24. The highest BCUT2D eigenvalue weighted by Gasteiger charge is 2.59. The highest BCUT2D eigenvalue weighted by molar-refractivity contribution is 6.12. The molecule has 0 bridgehead atoms. The zero-order valence-electron chi connectivity index (χ0n) is 15.5. The van der Waals surface area contributed by atoms with Crippen molar-refractivity contribution in [2.75, 3.05) is 13.2 Å². The number of likely N-dealkylation sites (tertiary alicyclic amines) is 1. The summed E-state index contributed by atoms with van der Waals surface area (Å²) in [5, 5.41) is 0. The Labute approximate surface area is 153 Å². The van der Waals surface area contributed by atoms with Gasteiger partial charge in [0.15, 0.2) is 0 Å². The molecule has 1 aromatic rings. The van der Waals surface area contributed by atoms with E-state index in [1.807, 2.05) is 30.3 Å². The number of esters is 2. The fourth-order valence-corrected chi connectivity index (χ4v) is 3.28. The van der Waals surface area contributed by atoms with E-state index < -0.39 is 17.5 Å². The molecule has 0 N–H and O–H groups in total. The number of rotatable bonds is 6. The van der Waals surface area contributed by atoms with Gasteiger partial charge in [-0.25, -0.2) is 9.59 Å². The van der Waals surface area contributed by atoms with E-state index in [0.29, 0.717) is 12.0 Å². The van der Waals surface area contributed by atoms with Gasteiger partial charge >= 0.3 is 11.9 Å². The van der Waals surface area contributed by atoms with Crippen molar-refractivity contribution >= 4 is 17.8 Å². The average Bonchev–Trinajstić information content (AvgIpc) is 2.64. The van der Waals surface area contributed by atoms with Gasteiger partial charge in [0.1, 0.15) is 0 Å². The van der Waals surface area contributed by atoms with Crippen LogP contribution >= 0.6 is 0 Å². The number of ether oxygens (including phenoxy) is 2. The molecule has 0 saturated carbocycles. The standard InChI is InChI=1S/C20H25NO5/c1-4-16-12-13-17(22)21(14-15-10-8-7-9-11-15)20(16,18(23)25-5-2)19(24)26-6-3/h4,7-11H,5-6,12-14H2,1-3H3/b16-4+. The third-order valence-electron chi connectivity index (χ3n) is 4.45. The molecule has 1 amide bonds. The molecule has 0 radical (unpaired) electrons. The first-order valence-corrected chi connectivity index (χ1v) is 8.86. The lowest BCUT2D eigenvalue weighted by molar-refractivity contribution is -0.178. The Morgan fingerprint density at radius 2 is 1.65 bits per heavy atom. The number of carbonyl (C=O) groups excluding carboxylic acids is 3. The number of piperidine rings is 1. The van der Waals surface area contributed by atoms with Gasteiger partial charge in [-0.1, -0.05) is 36.4 Å². The maximum atomic E-state index is 13.0. The smallest absolute Gasteiger partial charge is 0.348 e. The number of benzene rings is 1. The highest BCUT2D eigenvalue weighted by atomic mass is 16.6. The van der Waals surface area contributed by atoms with Crippen LogP contribution in [0, 0.1) is 0 Å². The van der Waals surface area contributed by atoms with Gasteiger partial charge < -0.3 is 14.4 Å². The van der Waals surface area contributed by atoms with Crippen molar-refractivity contribution in [2.45, 2.75) is 45.7 Å². The lowest BCUT2D eigenvalue weighted by atomic mass is 9.80. The van der Waals surface area contributed by atoms with Crippen LogP contribution in [0.25, 0.3) is 0 Å². The monoisotopic (exact) mass is 359 g/mol. The van der Waals surface area contributed by atoms with Crippen LogP contribution in [0.4, 0.5) is 0 Å². The minimum atomic E-state index is -1.87. The fraction of sp³-hybridized carbons (Fsp3) is 0.450. The number of amides is 1. The molecule has 1 fully saturated rings. The van der Waals surface area contributed by atoms with Crippen LogP contribution in [0.1, 0.15) is 39.2 Å². The van der Waals surface area contributed by atoms with E-state index in [1.165, 1.54) is 4.90 Å². The Morgan fingerprint density at radius 3 is 2.15 bits per heavy atom. The highest BCUT2D eigenvalue weighted by Crippen LogP contribution is 2.38. The summed E-state index contributed by atoms with van der Waals surface area (Å²) in [5.41, 5.74) is -0.521. The van der Waals surface area contributed by atoms with Crippen molar-refractivity contribution in [1.82, 2.24) is 4.90 Å². The molecule has 1 aliphatic heterocycles. The predicted molar refractivity (Wildman–Crippen MR) is 96.0 cm³/mol. The molecule has 1 heterocycles. The Kier molecular flexibility index (Phi) is 6.55. The Hall–Kier alpha value is -2.63. The van der Waals surface area contributed by atoms with Gasteiger partial charge in [0, 0.05) is 13.0 Å². The van der Waals surface area contributed by atoms with E-state index in [9.17, 15) is 14.4 Å². The topological polar surface area (TPSA) is 72.9 Å². The van der Waals surface area contributed by atoms with Crippen LogP contribution in [0.15, 0.2) is 42.0 Å². The maximum Gasteiger partial charge on any atom is 0.348 e. The summed E-state index contributed by atoms with van der Waals surface area (Å²) in [6.07, 6.45) is 2.25. The lowest BCUT2D eigenvalue weighted by Crippen LogP contribution is -2.66. The van der Waals surface area contributed by atoms with E-state index >= 15 is 0 Å². The Balaban J connectivity index is 2.61. The van der Waals surface area contributed by atoms with Crippen LogP contribution in [0.2, 0.25) is 0 Å². The number of hydrogen-bond donors (Lipinski definition) is 0. The summed E-state index contributed by atoms with van der Waals surface area (Å²) in [5.74, 6) is -1.81. The molecule has 2 rings (SSSR count). The van der Waals surface area contributed by atoms with Crippen molar-refractivity contribution in [3.63, 3.8) is 0 Å². The zero-order valence-corrected chi connectivity index (χ0v) is 15.5. The third-order valence-corrected chi connectivity index (χ3v) is 4.45. The van der Waals surface area contributed by atoms with Gasteiger partial charge in [0.2, 0.25) is 5.91 Å². The van der Waals surface area contributed by atoms with E-state index in [2.05, 4.69) is 0 Å². The molecule has 26 heavy (non-hydrogen) atoms. The molecule has 1 aliphatic rings. The molecule has 0 unspecified atom stereocenters. The van der Waals surface area contributed by atoms with Gasteiger partial charge in [-0.3, -0.25) is 4.79 Å². The molecule has 6 nitrogen and oxygen atoms in total. The second-order valence-corrected chi connectivity index (χ2v) is 5.93. The van der Waals surface area contributed by atoms with Gasteiger partial charge in [-0.15, -0.1) is 0 Å². The SMILES string of the molecule is C/C=C1\CCC(=O)N(Cc2ccccc2)C1(C(=O)OCC)C(=O)OCC. The van der Waals surface area contributed by atoms with Gasteiger partial charge in [0.25, 0.3) is 5.54 Å². The number of allylic oxidation sites excluding steroid dienone is 1. The molecular weight excluding hydrogens is 334 g/mol. The summed E-state index contributed by atoms with van der Waals surface area (Å²) >= 11 is 0. The first kappa shape index (κ1) is 19.7. The molecule has 1 saturated heterocycles. The van der Waals surface area contributed by atoms with Crippen LogP contribution < -0.4 is 0 Å². The first-order chi connectivity index (χ1) is 12.5. The summed E-state index contributed by atoms with van der Waals surface area (Å²) in [4.78, 5) is 40.1. The Bertz CT molecular complexity index is 677. The quantitative estimate of drug-likeness (QED) is 0.443. The van der Waals surface area contributed by atoms with E-state index in [4.69, 9.17) is 9.47 Å². The predicted octanol–water partition coefficient (Wildman–Crippen LogP) is 2.62. The number of hydrogen-bond acceptors (Lipinski definition) is 5. The van der Waals surface area contributed by atoms with Crippen LogP contribution in [-0.2, 0) is 30.4 Å². The van der Waals surface area contributed by atoms with Crippen molar-refractivity contribution in [1.29, 1.82) is 0 Å². The molecule has 0 spiro atoms. The summed E-state index contributed by atoms with van der Waals surface area (Å²) < 4.78 is 10.5. The number of carbonyl (C=O) groups is 3. The molecule has 140 valence electrons. The van der Waals surface area contributed by atoms with Gasteiger partial charge in [-0.2, -0.15) is 0 Å². The van der Waals surface area contributed by atoms with E-state index in [0.717, 1.165) is 5.56 Å². The molecular formula is C20H25NO5. The fourth-order valence-electron chi connectivity index (χ4n) is 3.28. The van der Waals surface area contributed by atoms with Crippen LogP contribution in [0.5, 0.6) is 0 Å². The van der Waals surface area contributed by atoms with Crippen LogP contribution in [-0.4, -0.2) is 41.5 Å². The number of nitrogens with zero attached hydrogens (tertiary/aromatic N) is 1. The molecule has 1 aromatic carbocycles. The lowest BCUT2D eigenvalue weighted by Gasteiger charge is -2.44. The molecule has 0 aromatic heterocycles. The largest absolute Gasteiger partial charge is 0.464 e. The van der Waals surface area contributed by atoms with Crippen molar-refractivity contribution in [3.05, 3.63) is 47.5 Å². The normalized spacial score (nSPS) is 17.9.